The molecule has 1 aromatic rings. The van der Waals surface area contributed by atoms with E-state index in [0.29, 0.717) is 5.82 Å². The summed E-state index contributed by atoms with van der Waals surface area (Å²) in [4.78, 5) is 10.5. The lowest BCUT2D eigenvalue weighted by molar-refractivity contribution is 0.254. The van der Waals surface area contributed by atoms with Gasteiger partial charge >= 0.3 is 0 Å². The minimum absolute atomic E-state index is 0.164. The number of nitrogens with zero attached hydrogens (tertiary/aromatic N) is 3. The maximum absolute atomic E-state index is 5.39. The molecule has 0 saturated carbocycles. The van der Waals surface area contributed by atoms with Crippen LogP contribution in [0.5, 0.6) is 0 Å². The van der Waals surface area contributed by atoms with E-state index in [-0.39, 0.29) is 5.41 Å². The molecule has 0 saturated heterocycles. The van der Waals surface area contributed by atoms with Crippen molar-refractivity contribution in [3.05, 3.63) is 11.9 Å². The van der Waals surface area contributed by atoms with E-state index in [1.807, 2.05) is 6.92 Å². The van der Waals surface area contributed by atoms with Gasteiger partial charge in [-0.1, -0.05) is 13.8 Å². The van der Waals surface area contributed by atoms with Crippen LogP contribution in [0.4, 0.5) is 11.6 Å². The van der Waals surface area contributed by atoms with Crippen LogP contribution >= 0.6 is 0 Å². The van der Waals surface area contributed by atoms with E-state index in [1.165, 1.54) is 6.33 Å². The van der Waals surface area contributed by atoms with Crippen molar-refractivity contribution in [3.63, 3.8) is 0 Å². The van der Waals surface area contributed by atoms with E-state index < -0.39 is 0 Å². The van der Waals surface area contributed by atoms with Gasteiger partial charge in [0.05, 0.1) is 0 Å². The summed E-state index contributed by atoms with van der Waals surface area (Å²) < 4.78 is 0. The minimum atomic E-state index is 0.164. The molecule has 1 heterocycles. The van der Waals surface area contributed by atoms with E-state index in [1.54, 1.807) is 0 Å². The first-order chi connectivity index (χ1) is 8.35. The van der Waals surface area contributed by atoms with E-state index in [4.69, 9.17) is 5.84 Å². The Morgan fingerprint density at radius 3 is 2.44 bits per heavy atom. The molecule has 6 heteroatoms. The standard InChI is InChI=1S/C12H24N6/c1-9-10(15-8-16-11(9)17-13)14-6-12(2,3)7-18(4)5/h8H,6-7,13H2,1-5H3,(H2,14,15,16,17). The summed E-state index contributed by atoms with van der Waals surface area (Å²) in [7, 11) is 4.16. The molecule has 0 aromatic carbocycles. The fraction of sp³-hybridized carbons (Fsp3) is 0.667. The number of anilines is 2. The Labute approximate surface area is 109 Å². The lowest BCUT2D eigenvalue weighted by Crippen LogP contribution is -2.34. The van der Waals surface area contributed by atoms with Crippen molar-refractivity contribution in [1.29, 1.82) is 0 Å². The Morgan fingerprint density at radius 2 is 1.89 bits per heavy atom. The Morgan fingerprint density at radius 1 is 1.28 bits per heavy atom. The molecule has 0 aliphatic carbocycles. The molecule has 0 radical (unpaired) electrons. The minimum Gasteiger partial charge on any atom is -0.369 e. The number of rotatable bonds is 6. The quantitative estimate of drug-likeness (QED) is 0.519. The van der Waals surface area contributed by atoms with Gasteiger partial charge in [0.1, 0.15) is 18.0 Å². The van der Waals surface area contributed by atoms with Crippen molar-refractivity contribution in [2.24, 2.45) is 11.3 Å². The Bertz CT molecular complexity index is 388. The molecule has 0 amide bonds. The molecule has 18 heavy (non-hydrogen) atoms. The molecule has 6 nitrogen and oxygen atoms in total. The van der Waals surface area contributed by atoms with Crippen LogP contribution in [-0.4, -0.2) is 42.1 Å². The SMILES string of the molecule is Cc1c(NN)ncnc1NCC(C)(C)CN(C)C. The predicted molar refractivity (Wildman–Crippen MR) is 75.4 cm³/mol. The van der Waals surface area contributed by atoms with Gasteiger partial charge in [0.15, 0.2) is 0 Å². The second kappa shape index (κ2) is 5.97. The summed E-state index contributed by atoms with van der Waals surface area (Å²) >= 11 is 0. The Kier molecular flexibility index (Phi) is 4.86. The smallest absolute Gasteiger partial charge is 0.148 e. The summed E-state index contributed by atoms with van der Waals surface area (Å²) in [5, 5.41) is 3.36. The molecule has 0 spiro atoms. The topological polar surface area (TPSA) is 79.1 Å². The van der Waals surface area contributed by atoms with Gasteiger partial charge in [-0.05, 0) is 26.4 Å². The lowest BCUT2D eigenvalue weighted by Gasteiger charge is -2.29. The van der Waals surface area contributed by atoms with Gasteiger partial charge in [-0.15, -0.1) is 0 Å². The largest absolute Gasteiger partial charge is 0.369 e. The zero-order chi connectivity index (χ0) is 13.8. The fourth-order valence-electron chi connectivity index (χ4n) is 2.01. The Balaban J connectivity index is 2.69. The summed E-state index contributed by atoms with van der Waals surface area (Å²) in [6.07, 6.45) is 1.50. The van der Waals surface area contributed by atoms with Crippen LogP contribution in [-0.2, 0) is 0 Å². The molecule has 0 aliphatic heterocycles. The van der Waals surface area contributed by atoms with Crippen molar-refractivity contribution in [1.82, 2.24) is 14.9 Å². The average molecular weight is 252 g/mol. The zero-order valence-corrected chi connectivity index (χ0v) is 11.9. The van der Waals surface area contributed by atoms with Crippen molar-refractivity contribution in [2.45, 2.75) is 20.8 Å². The summed E-state index contributed by atoms with van der Waals surface area (Å²) in [6, 6.07) is 0. The zero-order valence-electron chi connectivity index (χ0n) is 11.9. The van der Waals surface area contributed by atoms with Crippen molar-refractivity contribution >= 4 is 11.6 Å². The molecule has 1 aromatic heterocycles. The van der Waals surface area contributed by atoms with E-state index >= 15 is 0 Å². The number of nitrogen functional groups attached to an aromatic ring is 1. The number of nitrogens with two attached hydrogens (primary N) is 1. The average Bonchev–Trinajstić information content (AvgIpc) is 2.26. The van der Waals surface area contributed by atoms with E-state index in [2.05, 4.69) is 53.6 Å². The fourth-order valence-corrected chi connectivity index (χ4v) is 2.01. The monoisotopic (exact) mass is 252 g/mol. The maximum Gasteiger partial charge on any atom is 0.148 e. The molecule has 4 N–H and O–H groups in total. The highest BCUT2D eigenvalue weighted by Crippen LogP contribution is 2.21. The number of hydrogen-bond acceptors (Lipinski definition) is 6. The van der Waals surface area contributed by atoms with Crippen LogP contribution in [0.2, 0.25) is 0 Å². The van der Waals surface area contributed by atoms with Crippen LogP contribution in [0.25, 0.3) is 0 Å². The number of nitrogens with one attached hydrogen (secondary N) is 2. The van der Waals surface area contributed by atoms with Crippen molar-refractivity contribution in [2.75, 3.05) is 37.9 Å². The number of hydrazine groups is 1. The number of hydrogen-bond donors (Lipinski definition) is 3. The molecule has 0 atom stereocenters. The first kappa shape index (κ1) is 14.7. The normalized spacial score (nSPS) is 11.7. The van der Waals surface area contributed by atoms with Gasteiger partial charge in [0.25, 0.3) is 0 Å². The molecular weight excluding hydrogens is 228 g/mol. The van der Waals surface area contributed by atoms with Crippen LogP contribution < -0.4 is 16.6 Å². The van der Waals surface area contributed by atoms with E-state index in [0.717, 1.165) is 24.5 Å². The highest BCUT2D eigenvalue weighted by Gasteiger charge is 2.19. The van der Waals surface area contributed by atoms with Crippen LogP contribution in [0.1, 0.15) is 19.4 Å². The van der Waals surface area contributed by atoms with Crippen LogP contribution in [0.3, 0.4) is 0 Å². The van der Waals surface area contributed by atoms with E-state index in [9.17, 15) is 0 Å². The second-order valence-corrected chi connectivity index (χ2v) is 5.60. The molecule has 0 unspecified atom stereocenters. The third kappa shape index (κ3) is 4.12. The third-order valence-corrected chi connectivity index (χ3v) is 2.70. The summed E-state index contributed by atoms with van der Waals surface area (Å²) in [5.41, 5.74) is 3.66. The van der Waals surface area contributed by atoms with Crippen molar-refractivity contribution in [3.8, 4) is 0 Å². The molecule has 0 bridgehead atoms. The predicted octanol–water partition coefficient (Wildman–Crippen LogP) is 1.07. The lowest BCUT2D eigenvalue weighted by atomic mass is 9.93. The van der Waals surface area contributed by atoms with Gasteiger partial charge in [0, 0.05) is 18.7 Å². The number of aromatic nitrogens is 2. The molecule has 0 fully saturated rings. The summed E-state index contributed by atoms with van der Waals surface area (Å²) in [6.45, 7) is 8.23. The van der Waals surface area contributed by atoms with Crippen molar-refractivity contribution < 1.29 is 0 Å². The van der Waals surface area contributed by atoms with Crippen LogP contribution in [0.15, 0.2) is 6.33 Å². The first-order valence-corrected chi connectivity index (χ1v) is 6.02. The first-order valence-electron chi connectivity index (χ1n) is 6.02. The molecule has 102 valence electrons. The second-order valence-electron chi connectivity index (χ2n) is 5.60. The highest BCUT2D eigenvalue weighted by molar-refractivity contribution is 5.55. The third-order valence-electron chi connectivity index (χ3n) is 2.70. The molecule has 0 aliphatic rings. The van der Waals surface area contributed by atoms with Gasteiger partial charge in [-0.25, -0.2) is 15.8 Å². The van der Waals surface area contributed by atoms with Gasteiger partial charge in [-0.3, -0.25) is 0 Å². The molecular formula is C12H24N6. The maximum atomic E-state index is 5.39. The Hall–Kier alpha value is -1.40. The summed E-state index contributed by atoms with van der Waals surface area (Å²) in [5.74, 6) is 6.87. The van der Waals surface area contributed by atoms with Gasteiger partial charge in [0.2, 0.25) is 0 Å². The van der Waals surface area contributed by atoms with Gasteiger partial charge in [-0.2, -0.15) is 0 Å². The van der Waals surface area contributed by atoms with Gasteiger partial charge < -0.3 is 15.6 Å². The van der Waals surface area contributed by atoms with Crippen LogP contribution in [0, 0.1) is 12.3 Å². The molecule has 1 rings (SSSR count). The highest BCUT2D eigenvalue weighted by atomic mass is 15.3.